The first kappa shape index (κ1) is 18.8. The highest BCUT2D eigenvalue weighted by Crippen LogP contribution is 2.28. The number of aromatic nitrogens is 1. The zero-order chi connectivity index (χ0) is 19.3. The maximum Gasteiger partial charge on any atom is 0.223 e. The van der Waals surface area contributed by atoms with E-state index in [2.05, 4.69) is 29.2 Å². The highest BCUT2D eigenvalue weighted by atomic mass is 35.5. The largest absolute Gasteiger partial charge is 0.441 e. The predicted molar refractivity (Wildman–Crippen MR) is 110 cm³/mol. The molecule has 144 valence electrons. The predicted octanol–water partition coefficient (Wildman–Crippen LogP) is 5.16. The highest BCUT2D eigenvalue weighted by Gasteiger charge is 2.28. The standard InChI is InChI=1S/C23H23ClN2O2/c24-20-11-5-4-10-19(20)21-16-25-22(28-21)12-13-23(27)26-14-6-9-18(26)15-17-7-2-1-3-8-17/h1-5,7-8,10-11,16,18H,6,9,12-15H2. The lowest BCUT2D eigenvalue weighted by Crippen LogP contribution is -2.36. The van der Waals surface area contributed by atoms with E-state index in [-0.39, 0.29) is 11.9 Å². The molecular weight excluding hydrogens is 372 g/mol. The molecule has 1 aromatic heterocycles. The quantitative estimate of drug-likeness (QED) is 0.580. The van der Waals surface area contributed by atoms with Crippen LogP contribution in [0.4, 0.5) is 0 Å². The summed E-state index contributed by atoms with van der Waals surface area (Å²) < 4.78 is 5.82. The summed E-state index contributed by atoms with van der Waals surface area (Å²) in [5.41, 5.74) is 2.10. The zero-order valence-corrected chi connectivity index (χ0v) is 16.4. The van der Waals surface area contributed by atoms with Gasteiger partial charge < -0.3 is 9.32 Å². The van der Waals surface area contributed by atoms with E-state index in [9.17, 15) is 4.79 Å². The molecule has 0 spiro atoms. The molecule has 1 aliphatic heterocycles. The average Bonchev–Trinajstić information content (AvgIpc) is 3.37. The Morgan fingerprint density at radius 2 is 1.93 bits per heavy atom. The minimum absolute atomic E-state index is 0.177. The first-order valence-corrected chi connectivity index (χ1v) is 10.1. The number of carbonyl (C=O) groups is 1. The van der Waals surface area contributed by atoms with Crippen LogP contribution in [0.1, 0.15) is 30.7 Å². The summed E-state index contributed by atoms with van der Waals surface area (Å²) >= 11 is 6.22. The number of nitrogens with zero attached hydrogens (tertiary/aromatic N) is 2. The second-order valence-corrected chi connectivity index (χ2v) is 7.58. The van der Waals surface area contributed by atoms with Gasteiger partial charge in [0, 0.05) is 31.0 Å². The minimum Gasteiger partial charge on any atom is -0.441 e. The van der Waals surface area contributed by atoms with Crippen molar-refractivity contribution in [3.8, 4) is 11.3 Å². The molecule has 1 atom stereocenters. The number of oxazole rings is 1. The van der Waals surface area contributed by atoms with E-state index < -0.39 is 0 Å². The molecule has 4 rings (SSSR count). The van der Waals surface area contributed by atoms with Gasteiger partial charge in [0.2, 0.25) is 5.91 Å². The summed E-state index contributed by atoms with van der Waals surface area (Å²) in [6.45, 7) is 0.840. The lowest BCUT2D eigenvalue weighted by atomic mass is 10.0. The van der Waals surface area contributed by atoms with Gasteiger partial charge in [-0.25, -0.2) is 4.98 Å². The van der Waals surface area contributed by atoms with Crippen LogP contribution in [0.2, 0.25) is 5.02 Å². The van der Waals surface area contributed by atoms with Gasteiger partial charge in [-0.05, 0) is 37.0 Å². The fourth-order valence-electron chi connectivity index (χ4n) is 3.83. The second kappa shape index (κ2) is 8.61. The van der Waals surface area contributed by atoms with Crippen molar-refractivity contribution in [1.29, 1.82) is 0 Å². The van der Waals surface area contributed by atoms with Crippen LogP contribution in [0.15, 0.2) is 65.2 Å². The first-order valence-electron chi connectivity index (χ1n) is 9.74. The molecule has 0 N–H and O–H groups in total. The van der Waals surface area contributed by atoms with Crippen LogP contribution in [0.5, 0.6) is 0 Å². The summed E-state index contributed by atoms with van der Waals surface area (Å²) in [6.07, 6.45) is 5.64. The fraction of sp³-hybridized carbons (Fsp3) is 0.304. The first-order chi connectivity index (χ1) is 13.7. The van der Waals surface area contributed by atoms with Crippen LogP contribution in [0.3, 0.4) is 0 Å². The number of likely N-dealkylation sites (tertiary alicyclic amines) is 1. The molecule has 1 unspecified atom stereocenters. The molecule has 0 radical (unpaired) electrons. The van der Waals surface area contributed by atoms with E-state index in [1.807, 2.05) is 35.2 Å². The van der Waals surface area contributed by atoms with Gasteiger partial charge in [-0.1, -0.05) is 54.1 Å². The zero-order valence-electron chi connectivity index (χ0n) is 15.7. The highest BCUT2D eigenvalue weighted by molar-refractivity contribution is 6.33. The Bertz CT molecular complexity index is 939. The average molecular weight is 395 g/mol. The third kappa shape index (κ3) is 4.28. The van der Waals surface area contributed by atoms with Crippen molar-refractivity contribution in [3.63, 3.8) is 0 Å². The molecule has 1 aliphatic rings. The summed E-state index contributed by atoms with van der Waals surface area (Å²) in [5.74, 6) is 1.38. The molecule has 0 bridgehead atoms. The molecule has 1 fully saturated rings. The molecule has 2 aromatic carbocycles. The number of hydrogen-bond acceptors (Lipinski definition) is 3. The molecule has 2 heterocycles. The Morgan fingerprint density at radius 1 is 1.14 bits per heavy atom. The lowest BCUT2D eigenvalue weighted by Gasteiger charge is -2.24. The van der Waals surface area contributed by atoms with Crippen LogP contribution in [-0.4, -0.2) is 28.4 Å². The molecule has 1 saturated heterocycles. The number of aryl methyl sites for hydroxylation is 1. The van der Waals surface area contributed by atoms with Gasteiger partial charge in [0.15, 0.2) is 11.7 Å². The van der Waals surface area contributed by atoms with Gasteiger partial charge in [0.25, 0.3) is 0 Å². The molecule has 1 amide bonds. The Morgan fingerprint density at radius 3 is 2.75 bits per heavy atom. The number of halogens is 1. The van der Waals surface area contributed by atoms with Gasteiger partial charge >= 0.3 is 0 Å². The number of carbonyl (C=O) groups excluding carboxylic acids is 1. The topological polar surface area (TPSA) is 46.3 Å². The van der Waals surface area contributed by atoms with E-state index in [0.717, 1.165) is 31.4 Å². The molecular formula is C23H23ClN2O2. The van der Waals surface area contributed by atoms with Crippen LogP contribution in [-0.2, 0) is 17.6 Å². The Kier molecular flexibility index (Phi) is 5.77. The van der Waals surface area contributed by atoms with Crippen LogP contribution in [0, 0.1) is 0 Å². The van der Waals surface area contributed by atoms with Crippen molar-refractivity contribution in [2.75, 3.05) is 6.54 Å². The Balaban J connectivity index is 1.36. The van der Waals surface area contributed by atoms with E-state index in [4.69, 9.17) is 16.0 Å². The Labute approximate surface area is 170 Å². The van der Waals surface area contributed by atoms with Gasteiger partial charge in [-0.2, -0.15) is 0 Å². The van der Waals surface area contributed by atoms with E-state index in [1.165, 1.54) is 5.56 Å². The minimum atomic E-state index is 0.177. The summed E-state index contributed by atoms with van der Waals surface area (Å²) in [6, 6.07) is 18.2. The van der Waals surface area contributed by atoms with Gasteiger partial charge in [-0.3, -0.25) is 4.79 Å². The Hall–Kier alpha value is -2.59. The van der Waals surface area contributed by atoms with Crippen LogP contribution >= 0.6 is 11.6 Å². The third-order valence-electron chi connectivity index (χ3n) is 5.26. The smallest absolute Gasteiger partial charge is 0.223 e. The third-order valence-corrected chi connectivity index (χ3v) is 5.59. The fourth-order valence-corrected chi connectivity index (χ4v) is 4.06. The maximum atomic E-state index is 12.8. The lowest BCUT2D eigenvalue weighted by molar-refractivity contribution is -0.132. The molecule has 0 saturated carbocycles. The summed E-state index contributed by atoms with van der Waals surface area (Å²) in [7, 11) is 0. The van der Waals surface area contributed by atoms with Crippen LogP contribution < -0.4 is 0 Å². The molecule has 28 heavy (non-hydrogen) atoms. The van der Waals surface area contributed by atoms with Gasteiger partial charge in [0.1, 0.15) is 0 Å². The second-order valence-electron chi connectivity index (χ2n) is 7.17. The molecule has 0 aliphatic carbocycles. The molecule has 4 nitrogen and oxygen atoms in total. The maximum absolute atomic E-state index is 12.8. The van der Waals surface area contributed by atoms with Gasteiger partial charge in [0.05, 0.1) is 11.2 Å². The summed E-state index contributed by atoms with van der Waals surface area (Å²) in [5, 5.41) is 0.627. The van der Waals surface area contributed by atoms with Crippen molar-refractivity contribution in [2.24, 2.45) is 0 Å². The van der Waals surface area contributed by atoms with Crippen molar-refractivity contribution < 1.29 is 9.21 Å². The van der Waals surface area contributed by atoms with E-state index in [0.29, 0.717) is 29.5 Å². The molecule has 5 heteroatoms. The van der Waals surface area contributed by atoms with Crippen molar-refractivity contribution in [3.05, 3.63) is 77.3 Å². The summed E-state index contributed by atoms with van der Waals surface area (Å²) in [4.78, 5) is 19.1. The van der Waals surface area contributed by atoms with Crippen molar-refractivity contribution >= 4 is 17.5 Å². The van der Waals surface area contributed by atoms with E-state index >= 15 is 0 Å². The SMILES string of the molecule is O=C(CCc1ncc(-c2ccccc2Cl)o1)N1CCCC1Cc1ccccc1. The normalized spacial score (nSPS) is 16.5. The molecule has 3 aromatic rings. The number of rotatable bonds is 6. The number of benzene rings is 2. The van der Waals surface area contributed by atoms with E-state index in [1.54, 1.807) is 6.20 Å². The van der Waals surface area contributed by atoms with Gasteiger partial charge in [-0.15, -0.1) is 0 Å². The monoisotopic (exact) mass is 394 g/mol. The number of amides is 1. The van der Waals surface area contributed by atoms with Crippen molar-refractivity contribution in [2.45, 2.75) is 38.1 Å². The van der Waals surface area contributed by atoms with Crippen LogP contribution in [0.25, 0.3) is 11.3 Å². The number of hydrogen-bond donors (Lipinski definition) is 0. The van der Waals surface area contributed by atoms with Crippen molar-refractivity contribution in [1.82, 2.24) is 9.88 Å².